The number of halogens is 4. The molecular weight excluding hydrogens is 478 g/mol. The molecule has 0 amide bonds. The first-order valence-corrected chi connectivity index (χ1v) is 9.52. The summed E-state index contributed by atoms with van der Waals surface area (Å²) in [6.45, 7) is 9.00. The first-order valence-electron chi connectivity index (χ1n) is 8.64. The van der Waals surface area contributed by atoms with Crippen LogP contribution in [0.25, 0.3) is 0 Å². The van der Waals surface area contributed by atoms with Crippen LogP contribution in [0.15, 0.2) is 10.4 Å². The van der Waals surface area contributed by atoms with E-state index in [9.17, 15) is 13.2 Å². The topological polar surface area (TPSA) is 52.6 Å². The Kier molecular flexibility index (Phi) is 10.2. The van der Waals surface area contributed by atoms with E-state index in [1.807, 2.05) is 6.92 Å². The summed E-state index contributed by atoms with van der Waals surface area (Å²) >= 11 is 0.981. The van der Waals surface area contributed by atoms with Gasteiger partial charge in [-0.2, -0.15) is 13.2 Å². The van der Waals surface area contributed by atoms with Crippen molar-refractivity contribution in [1.82, 2.24) is 20.5 Å². The summed E-state index contributed by atoms with van der Waals surface area (Å²) in [5.41, 5.74) is -0.847. The van der Waals surface area contributed by atoms with Gasteiger partial charge >= 0.3 is 6.18 Å². The number of aliphatic imine (C=N–C) groups is 1. The zero-order valence-corrected chi connectivity index (χ0v) is 18.3. The Morgan fingerprint density at radius 3 is 2.62 bits per heavy atom. The fraction of sp³-hybridized carbons (Fsp3) is 0.750. The molecule has 150 valence electrons. The minimum absolute atomic E-state index is 0. The molecular formula is C16H27F3IN5S. The van der Waals surface area contributed by atoms with E-state index in [0.717, 1.165) is 48.8 Å². The number of piperidine rings is 1. The third-order valence-corrected chi connectivity index (χ3v) is 4.99. The molecule has 26 heavy (non-hydrogen) atoms. The van der Waals surface area contributed by atoms with Gasteiger partial charge in [0, 0.05) is 25.0 Å². The van der Waals surface area contributed by atoms with Gasteiger partial charge in [0.1, 0.15) is 5.01 Å². The van der Waals surface area contributed by atoms with Crippen LogP contribution in [-0.4, -0.2) is 48.6 Å². The smallest absolute Gasteiger partial charge is 0.357 e. The largest absolute Gasteiger partial charge is 0.434 e. The van der Waals surface area contributed by atoms with Crippen molar-refractivity contribution in [3.8, 4) is 0 Å². The normalized spacial score (nSPS) is 17.0. The quantitative estimate of drug-likeness (QED) is 0.353. The lowest BCUT2D eigenvalue weighted by Crippen LogP contribution is -2.43. The van der Waals surface area contributed by atoms with E-state index in [4.69, 9.17) is 0 Å². The lowest BCUT2D eigenvalue weighted by molar-refractivity contribution is -0.140. The van der Waals surface area contributed by atoms with Crippen molar-refractivity contribution in [3.63, 3.8) is 0 Å². The number of alkyl halides is 3. The standard InChI is InChI=1S/C16H26F3N5S.HI/c1-3-20-15(21-6-9-24-7-4-12(2)5-8-24)22-10-14-23-13(11-25-14)16(17,18)19;/h11-12H,3-10H2,1-2H3,(H2,20,21,22);1H. The summed E-state index contributed by atoms with van der Waals surface area (Å²) < 4.78 is 37.7. The molecule has 0 spiro atoms. The molecule has 1 saturated heterocycles. The summed E-state index contributed by atoms with van der Waals surface area (Å²) in [6.07, 6.45) is -1.92. The third kappa shape index (κ3) is 7.95. The Bertz CT molecular complexity index is 556. The molecule has 1 aromatic heterocycles. The number of nitrogens with one attached hydrogen (secondary N) is 2. The second-order valence-corrected chi connectivity index (χ2v) is 7.21. The van der Waals surface area contributed by atoms with Gasteiger partial charge in [-0.25, -0.2) is 9.98 Å². The highest BCUT2D eigenvalue weighted by Crippen LogP contribution is 2.30. The number of guanidine groups is 1. The maximum absolute atomic E-state index is 12.6. The van der Waals surface area contributed by atoms with Crippen molar-refractivity contribution in [2.75, 3.05) is 32.7 Å². The number of hydrogen-bond acceptors (Lipinski definition) is 4. The van der Waals surface area contributed by atoms with Crippen LogP contribution in [0.5, 0.6) is 0 Å². The van der Waals surface area contributed by atoms with E-state index in [2.05, 4.69) is 32.4 Å². The average molecular weight is 505 g/mol. The monoisotopic (exact) mass is 505 g/mol. The van der Waals surface area contributed by atoms with Gasteiger partial charge in [0.2, 0.25) is 0 Å². The van der Waals surface area contributed by atoms with E-state index in [1.165, 1.54) is 12.8 Å². The third-order valence-electron chi connectivity index (χ3n) is 4.16. The summed E-state index contributed by atoms with van der Waals surface area (Å²) in [5, 5.41) is 7.73. The molecule has 0 atom stereocenters. The number of rotatable bonds is 6. The molecule has 2 heterocycles. The van der Waals surface area contributed by atoms with Crippen molar-refractivity contribution < 1.29 is 13.2 Å². The summed E-state index contributed by atoms with van der Waals surface area (Å²) in [7, 11) is 0. The molecule has 5 nitrogen and oxygen atoms in total. The molecule has 0 unspecified atom stereocenters. The van der Waals surface area contributed by atoms with Gasteiger partial charge in [-0.15, -0.1) is 35.3 Å². The van der Waals surface area contributed by atoms with Crippen molar-refractivity contribution in [1.29, 1.82) is 0 Å². The van der Waals surface area contributed by atoms with Gasteiger partial charge in [-0.3, -0.25) is 0 Å². The molecule has 1 aliphatic rings. The van der Waals surface area contributed by atoms with Crippen LogP contribution in [0.1, 0.15) is 37.4 Å². The van der Waals surface area contributed by atoms with Crippen LogP contribution in [0.4, 0.5) is 13.2 Å². The molecule has 1 aliphatic heterocycles. The highest BCUT2D eigenvalue weighted by molar-refractivity contribution is 14.0. The van der Waals surface area contributed by atoms with Crippen LogP contribution in [0.2, 0.25) is 0 Å². The van der Waals surface area contributed by atoms with Crippen LogP contribution < -0.4 is 10.6 Å². The number of aromatic nitrogens is 1. The molecule has 2 N–H and O–H groups in total. The SMILES string of the molecule is CCNC(=NCc1nc(C(F)(F)F)cs1)NCCN1CCC(C)CC1.I. The Balaban J connectivity index is 0.00000338. The number of nitrogens with zero attached hydrogens (tertiary/aromatic N) is 3. The second-order valence-electron chi connectivity index (χ2n) is 6.27. The van der Waals surface area contributed by atoms with E-state index >= 15 is 0 Å². The van der Waals surface area contributed by atoms with E-state index in [0.29, 0.717) is 17.5 Å². The Hall–Kier alpha value is -0.620. The van der Waals surface area contributed by atoms with E-state index in [1.54, 1.807) is 0 Å². The Morgan fingerprint density at radius 2 is 2.04 bits per heavy atom. The van der Waals surface area contributed by atoms with Crippen LogP contribution in [0, 0.1) is 5.92 Å². The zero-order chi connectivity index (χ0) is 18.3. The van der Waals surface area contributed by atoms with Crippen molar-refractivity contribution in [2.24, 2.45) is 10.9 Å². The minimum Gasteiger partial charge on any atom is -0.357 e. The first kappa shape index (κ1) is 23.4. The number of thiazole rings is 1. The maximum Gasteiger partial charge on any atom is 0.434 e. The fourth-order valence-corrected chi connectivity index (χ4v) is 3.34. The highest BCUT2D eigenvalue weighted by atomic mass is 127. The lowest BCUT2D eigenvalue weighted by atomic mass is 9.99. The van der Waals surface area contributed by atoms with Crippen LogP contribution >= 0.6 is 35.3 Å². The minimum atomic E-state index is -4.40. The zero-order valence-electron chi connectivity index (χ0n) is 15.1. The molecule has 1 fully saturated rings. The van der Waals surface area contributed by atoms with Gasteiger partial charge in [-0.1, -0.05) is 6.92 Å². The molecule has 0 aromatic carbocycles. The number of hydrogen-bond donors (Lipinski definition) is 2. The van der Waals surface area contributed by atoms with E-state index in [-0.39, 0.29) is 30.5 Å². The first-order chi connectivity index (χ1) is 11.9. The molecule has 0 bridgehead atoms. The van der Waals surface area contributed by atoms with Gasteiger partial charge in [0.15, 0.2) is 11.7 Å². The van der Waals surface area contributed by atoms with Crippen LogP contribution in [0.3, 0.4) is 0 Å². The highest BCUT2D eigenvalue weighted by Gasteiger charge is 2.33. The predicted octanol–water partition coefficient (Wildman–Crippen LogP) is 3.57. The molecule has 0 saturated carbocycles. The molecule has 0 aliphatic carbocycles. The summed E-state index contributed by atoms with van der Waals surface area (Å²) in [6, 6.07) is 0. The maximum atomic E-state index is 12.6. The fourth-order valence-electron chi connectivity index (χ4n) is 2.62. The van der Waals surface area contributed by atoms with Crippen molar-refractivity contribution in [3.05, 3.63) is 16.1 Å². The van der Waals surface area contributed by atoms with Gasteiger partial charge in [0.25, 0.3) is 0 Å². The van der Waals surface area contributed by atoms with Gasteiger partial charge < -0.3 is 15.5 Å². The predicted molar refractivity (Wildman–Crippen MR) is 110 cm³/mol. The Labute approximate surface area is 173 Å². The Morgan fingerprint density at radius 1 is 1.35 bits per heavy atom. The van der Waals surface area contributed by atoms with E-state index < -0.39 is 11.9 Å². The van der Waals surface area contributed by atoms with Gasteiger partial charge in [-0.05, 0) is 38.8 Å². The van der Waals surface area contributed by atoms with Crippen molar-refractivity contribution in [2.45, 2.75) is 39.4 Å². The molecule has 2 rings (SSSR count). The van der Waals surface area contributed by atoms with Gasteiger partial charge in [0.05, 0.1) is 6.54 Å². The second kappa shape index (κ2) is 11.3. The summed E-state index contributed by atoms with van der Waals surface area (Å²) in [5.74, 6) is 1.42. The number of likely N-dealkylation sites (tertiary alicyclic amines) is 1. The summed E-state index contributed by atoms with van der Waals surface area (Å²) in [4.78, 5) is 10.4. The molecule has 0 radical (unpaired) electrons. The average Bonchev–Trinajstić information content (AvgIpc) is 3.04. The van der Waals surface area contributed by atoms with Crippen LogP contribution in [-0.2, 0) is 12.7 Å². The molecule has 1 aromatic rings. The molecule has 10 heteroatoms. The van der Waals surface area contributed by atoms with Crippen molar-refractivity contribution >= 4 is 41.3 Å². The lowest BCUT2D eigenvalue weighted by Gasteiger charge is -2.30.